The van der Waals surface area contributed by atoms with E-state index in [1.807, 2.05) is 65.5 Å². The molecule has 0 amide bonds. The molecule has 4 rings (SSSR count). The van der Waals surface area contributed by atoms with Gasteiger partial charge in [-0.2, -0.15) is 5.10 Å². The van der Waals surface area contributed by atoms with E-state index in [1.54, 1.807) is 13.2 Å². The first-order valence-electron chi connectivity index (χ1n) is 9.81. The van der Waals surface area contributed by atoms with Gasteiger partial charge in [0.25, 0.3) is 0 Å². The molecular formula is C23H24N6O. The van der Waals surface area contributed by atoms with Crippen LogP contribution in [0.4, 0.5) is 0 Å². The van der Waals surface area contributed by atoms with Gasteiger partial charge in [-0.05, 0) is 17.2 Å². The second-order valence-corrected chi connectivity index (χ2v) is 6.80. The molecule has 0 aliphatic rings. The third-order valence-corrected chi connectivity index (χ3v) is 4.73. The van der Waals surface area contributed by atoms with E-state index in [2.05, 4.69) is 38.0 Å². The maximum absolute atomic E-state index is 5.45. The number of nitrogens with one attached hydrogen (secondary N) is 2. The zero-order valence-electron chi connectivity index (χ0n) is 16.8. The van der Waals surface area contributed by atoms with Crippen molar-refractivity contribution in [1.29, 1.82) is 0 Å². The molecule has 2 aromatic carbocycles. The van der Waals surface area contributed by atoms with Gasteiger partial charge in [0.1, 0.15) is 5.69 Å². The minimum absolute atomic E-state index is 0.519. The second-order valence-electron chi connectivity index (χ2n) is 6.80. The molecule has 4 aromatic rings. The van der Waals surface area contributed by atoms with Crippen LogP contribution in [0, 0.1) is 0 Å². The van der Waals surface area contributed by atoms with Gasteiger partial charge in [0.05, 0.1) is 13.1 Å². The molecular weight excluding hydrogens is 376 g/mol. The molecule has 152 valence electrons. The second kappa shape index (κ2) is 9.56. The number of aromatic nitrogens is 3. The molecule has 0 aliphatic carbocycles. The van der Waals surface area contributed by atoms with Gasteiger partial charge in [0.15, 0.2) is 11.7 Å². The topological polar surface area (TPSA) is 80.3 Å². The van der Waals surface area contributed by atoms with E-state index in [-0.39, 0.29) is 0 Å². The lowest BCUT2D eigenvalue weighted by atomic mass is 10.1. The predicted octanol–water partition coefficient (Wildman–Crippen LogP) is 3.45. The zero-order valence-corrected chi connectivity index (χ0v) is 16.8. The number of hydrogen-bond donors (Lipinski definition) is 2. The fourth-order valence-corrected chi connectivity index (χ4v) is 3.16. The van der Waals surface area contributed by atoms with Crippen molar-refractivity contribution < 1.29 is 4.52 Å². The number of nitrogens with zero attached hydrogens (tertiary/aromatic N) is 4. The van der Waals surface area contributed by atoms with Crippen LogP contribution in [0.2, 0.25) is 0 Å². The van der Waals surface area contributed by atoms with Crippen molar-refractivity contribution in [2.45, 2.75) is 19.6 Å². The Morgan fingerprint density at radius 1 is 0.967 bits per heavy atom. The van der Waals surface area contributed by atoms with Crippen LogP contribution in [0.1, 0.15) is 16.8 Å². The highest BCUT2D eigenvalue weighted by molar-refractivity contribution is 5.79. The highest BCUT2D eigenvalue weighted by Gasteiger charge is 2.08. The molecule has 2 N–H and O–H groups in total. The molecule has 0 fully saturated rings. The van der Waals surface area contributed by atoms with Crippen molar-refractivity contribution in [1.82, 2.24) is 25.6 Å². The molecule has 7 heteroatoms. The molecule has 0 radical (unpaired) electrons. The average molecular weight is 400 g/mol. The molecule has 0 saturated heterocycles. The number of guanidine groups is 1. The van der Waals surface area contributed by atoms with Gasteiger partial charge in [-0.15, -0.1) is 0 Å². The summed E-state index contributed by atoms with van der Waals surface area (Å²) in [7, 11) is 1.75. The van der Waals surface area contributed by atoms with Crippen molar-refractivity contribution in [3.63, 3.8) is 0 Å². The molecule has 0 spiro atoms. The van der Waals surface area contributed by atoms with Crippen LogP contribution in [-0.2, 0) is 19.6 Å². The van der Waals surface area contributed by atoms with E-state index in [9.17, 15) is 0 Å². The Morgan fingerprint density at radius 3 is 2.50 bits per heavy atom. The number of hydrogen-bond acceptors (Lipinski definition) is 4. The Kier molecular flexibility index (Phi) is 6.19. The van der Waals surface area contributed by atoms with Crippen LogP contribution >= 0.6 is 0 Å². The smallest absolute Gasteiger partial charge is 0.191 e. The lowest BCUT2D eigenvalue weighted by Gasteiger charge is -2.14. The summed E-state index contributed by atoms with van der Waals surface area (Å²) in [5.74, 6) is 1.45. The summed E-state index contributed by atoms with van der Waals surface area (Å²) in [6.45, 7) is 1.91. The fraction of sp³-hybridized carbons (Fsp3) is 0.174. The molecule has 0 atom stereocenters. The summed E-state index contributed by atoms with van der Waals surface area (Å²) < 4.78 is 7.37. The Morgan fingerprint density at radius 2 is 1.73 bits per heavy atom. The van der Waals surface area contributed by atoms with Gasteiger partial charge < -0.3 is 15.2 Å². The Labute approximate surface area is 175 Å². The normalized spacial score (nSPS) is 11.4. The minimum atomic E-state index is 0.519. The number of rotatable bonds is 7. The van der Waals surface area contributed by atoms with Crippen molar-refractivity contribution in [3.05, 3.63) is 95.9 Å². The minimum Gasteiger partial charge on any atom is -0.356 e. The van der Waals surface area contributed by atoms with Crippen LogP contribution in [0.15, 0.2) is 88.6 Å². The third-order valence-electron chi connectivity index (χ3n) is 4.73. The molecule has 0 unspecified atom stereocenters. The van der Waals surface area contributed by atoms with Gasteiger partial charge in [-0.3, -0.25) is 9.67 Å². The van der Waals surface area contributed by atoms with Gasteiger partial charge in [0.2, 0.25) is 0 Å². The molecule has 0 bridgehead atoms. The molecule has 0 aliphatic heterocycles. The van der Waals surface area contributed by atoms with Crippen molar-refractivity contribution in [2.24, 2.45) is 4.99 Å². The van der Waals surface area contributed by atoms with Crippen LogP contribution in [0.3, 0.4) is 0 Å². The van der Waals surface area contributed by atoms with Gasteiger partial charge in [-0.1, -0.05) is 59.8 Å². The van der Waals surface area contributed by atoms with Crippen molar-refractivity contribution in [3.8, 4) is 11.3 Å². The first kappa shape index (κ1) is 19.4. The fourth-order valence-electron chi connectivity index (χ4n) is 3.16. The Balaban J connectivity index is 1.33. The monoisotopic (exact) mass is 400 g/mol. The van der Waals surface area contributed by atoms with Crippen molar-refractivity contribution in [2.75, 3.05) is 7.05 Å². The van der Waals surface area contributed by atoms with Crippen LogP contribution in [-0.4, -0.2) is 27.9 Å². The molecule has 2 heterocycles. The van der Waals surface area contributed by atoms with E-state index >= 15 is 0 Å². The van der Waals surface area contributed by atoms with Gasteiger partial charge in [-0.25, -0.2) is 0 Å². The summed E-state index contributed by atoms with van der Waals surface area (Å²) in [6, 6.07) is 22.1. The lowest BCUT2D eigenvalue weighted by Crippen LogP contribution is -2.36. The quantitative estimate of drug-likeness (QED) is 0.367. The Hall–Kier alpha value is -3.87. The van der Waals surface area contributed by atoms with Crippen LogP contribution in [0.25, 0.3) is 11.3 Å². The maximum Gasteiger partial charge on any atom is 0.191 e. The summed E-state index contributed by atoms with van der Waals surface area (Å²) in [4.78, 5) is 4.31. The Bertz CT molecular complexity index is 1090. The van der Waals surface area contributed by atoms with E-state index in [4.69, 9.17) is 4.52 Å². The number of aliphatic imine (C=N–C) groups is 1. The first-order chi connectivity index (χ1) is 14.8. The molecule has 30 heavy (non-hydrogen) atoms. The van der Waals surface area contributed by atoms with E-state index in [1.165, 1.54) is 11.1 Å². The van der Waals surface area contributed by atoms with Crippen molar-refractivity contribution >= 4 is 5.96 Å². The summed E-state index contributed by atoms with van der Waals surface area (Å²) in [5, 5.41) is 15.1. The maximum atomic E-state index is 5.45. The predicted molar refractivity (Wildman–Crippen MR) is 117 cm³/mol. The zero-order chi connectivity index (χ0) is 20.6. The van der Waals surface area contributed by atoms with Crippen LogP contribution < -0.4 is 10.6 Å². The number of benzene rings is 2. The van der Waals surface area contributed by atoms with Gasteiger partial charge >= 0.3 is 0 Å². The highest BCUT2D eigenvalue weighted by atomic mass is 16.5. The molecule has 7 nitrogen and oxygen atoms in total. The van der Waals surface area contributed by atoms with Gasteiger partial charge in [0, 0.05) is 37.6 Å². The highest BCUT2D eigenvalue weighted by Crippen LogP contribution is 2.19. The first-order valence-corrected chi connectivity index (χ1v) is 9.81. The molecule has 2 aromatic heterocycles. The summed E-state index contributed by atoms with van der Waals surface area (Å²) in [5.41, 5.74) is 4.24. The van der Waals surface area contributed by atoms with E-state index < -0.39 is 0 Å². The van der Waals surface area contributed by atoms with Crippen LogP contribution in [0.5, 0.6) is 0 Å². The average Bonchev–Trinajstić information content (AvgIpc) is 3.48. The van der Waals surface area contributed by atoms with E-state index in [0.29, 0.717) is 19.0 Å². The summed E-state index contributed by atoms with van der Waals surface area (Å²) >= 11 is 0. The lowest BCUT2D eigenvalue weighted by molar-refractivity contribution is 0.422. The third kappa shape index (κ3) is 4.94. The molecule has 0 saturated carbocycles. The standard InChI is InChI=1S/C23H24N6O/c1-24-23(26-16-21-14-22(30-28-21)18-8-3-2-4-9-18)25-15-19-10-5-6-11-20(19)17-29-13-7-12-27-29/h2-14H,15-17H2,1H3,(H2,24,25,26). The largest absolute Gasteiger partial charge is 0.356 e. The SMILES string of the molecule is CN=C(NCc1cc(-c2ccccc2)on1)NCc1ccccc1Cn1cccn1. The van der Waals surface area contributed by atoms with E-state index in [0.717, 1.165) is 23.6 Å². The summed E-state index contributed by atoms with van der Waals surface area (Å²) in [6.07, 6.45) is 3.76.